The lowest BCUT2D eigenvalue weighted by atomic mass is 10.0. The highest BCUT2D eigenvalue weighted by molar-refractivity contribution is 6.31. The van der Waals surface area contributed by atoms with Gasteiger partial charge in [-0.2, -0.15) is 0 Å². The van der Waals surface area contributed by atoms with Crippen molar-refractivity contribution in [1.29, 1.82) is 0 Å². The van der Waals surface area contributed by atoms with Crippen LogP contribution in [0.15, 0.2) is 36.4 Å². The Morgan fingerprint density at radius 3 is 2.50 bits per heavy atom. The first-order chi connectivity index (χ1) is 13.5. The zero-order chi connectivity index (χ0) is 20.3. The molecule has 1 N–H and O–H groups in total. The van der Waals surface area contributed by atoms with E-state index < -0.39 is 5.92 Å². The van der Waals surface area contributed by atoms with E-state index in [2.05, 4.69) is 19.2 Å². The highest BCUT2D eigenvalue weighted by Gasteiger charge is 2.36. The molecule has 1 heterocycles. The summed E-state index contributed by atoms with van der Waals surface area (Å²) in [4.78, 5) is 27.4. The van der Waals surface area contributed by atoms with Gasteiger partial charge in [-0.1, -0.05) is 43.6 Å². The minimum Gasteiger partial charge on any atom is -0.495 e. The van der Waals surface area contributed by atoms with Gasteiger partial charge in [-0.3, -0.25) is 9.59 Å². The minimum atomic E-state index is -0.425. The van der Waals surface area contributed by atoms with Gasteiger partial charge in [0.15, 0.2) is 0 Å². The van der Waals surface area contributed by atoms with E-state index in [0.29, 0.717) is 23.0 Å². The third kappa shape index (κ3) is 3.99. The first kappa shape index (κ1) is 20.2. The van der Waals surface area contributed by atoms with Crippen LogP contribution in [0.25, 0.3) is 0 Å². The standard InChI is InChI=1S/C22H25ClN2O3/c1-4-14-7-6-8-15(5-2)21(14)25-13-16(11-20(25)26)22(27)24-18-12-17(23)9-10-19(18)28-3/h6-10,12,16H,4-5,11,13H2,1-3H3,(H,24,27)/t16-/m1/s1. The Kier molecular flexibility index (Phi) is 6.25. The topological polar surface area (TPSA) is 58.6 Å². The normalized spacial score (nSPS) is 16.4. The second kappa shape index (κ2) is 8.65. The summed E-state index contributed by atoms with van der Waals surface area (Å²) in [6, 6.07) is 11.2. The molecule has 148 valence electrons. The second-order valence-corrected chi connectivity index (χ2v) is 7.31. The lowest BCUT2D eigenvalue weighted by molar-refractivity contribution is -0.122. The lowest BCUT2D eigenvalue weighted by Gasteiger charge is -2.23. The molecule has 0 spiro atoms. The monoisotopic (exact) mass is 400 g/mol. The number of methoxy groups -OCH3 is 1. The highest BCUT2D eigenvalue weighted by atomic mass is 35.5. The Morgan fingerprint density at radius 2 is 1.89 bits per heavy atom. The molecule has 1 fully saturated rings. The maximum Gasteiger partial charge on any atom is 0.229 e. The van der Waals surface area contributed by atoms with Gasteiger partial charge in [0, 0.05) is 23.7 Å². The van der Waals surface area contributed by atoms with E-state index >= 15 is 0 Å². The minimum absolute atomic E-state index is 0.0196. The number of amides is 2. The zero-order valence-electron chi connectivity index (χ0n) is 16.4. The number of benzene rings is 2. The third-order valence-electron chi connectivity index (χ3n) is 5.15. The Balaban J connectivity index is 1.82. The number of aryl methyl sites for hydroxylation is 2. The smallest absolute Gasteiger partial charge is 0.229 e. The summed E-state index contributed by atoms with van der Waals surface area (Å²) < 4.78 is 5.29. The zero-order valence-corrected chi connectivity index (χ0v) is 17.2. The van der Waals surface area contributed by atoms with Gasteiger partial charge in [0.25, 0.3) is 0 Å². The van der Waals surface area contributed by atoms with E-state index in [0.717, 1.165) is 29.7 Å². The molecule has 0 radical (unpaired) electrons. The van der Waals surface area contributed by atoms with Crippen molar-refractivity contribution in [3.8, 4) is 5.75 Å². The first-order valence-electron chi connectivity index (χ1n) is 9.54. The molecule has 28 heavy (non-hydrogen) atoms. The van der Waals surface area contributed by atoms with Crippen LogP contribution < -0.4 is 15.0 Å². The molecule has 3 rings (SSSR count). The number of halogens is 1. The molecule has 0 aromatic heterocycles. The fraction of sp³-hybridized carbons (Fsp3) is 0.364. The van der Waals surface area contributed by atoms with E-state index in [1.165, 1.54) is 7.11 Å². The van der Waals surface area contributed by atoms with E-state index in [1.54, 1.807) is 23.1 Å². The van der Waals surface area contributed by atoms with E-state index in [4.69, 9.17) is 16.3 Å². The van der Waals surface area contributed by atoms with Crippen LogP contribution >= 0.6 is 11.6 Å². The van der Waals surface area contributed by atoms with Crippen molar-refractivity contribution >= 4 is 34.8 Å². The van der Waals surface area contributed by atoms with Crippen LogP contribution in [0.2, 0.25) is 5.02 Å². The average molecular weight is 401 g/mol. The number of para-hydroxylation sites is 1. The second-order valence-electron chi connectivity index (χ2n) is 6.87. The Bertz CT molecular complexity index is 875. The molecule has 0 unspecified atom stereocenters. The van der Waals surface area contributed by atoms with Crippen LogP contribution in [0, 0.1) is 5.92 Å². The van der Waals surface area contributed by atoms with Crippen LogP contribution in [0.1, 0.15) is 31.4 Å². The fourth-order valence-corrected chi connectivity index (χ4v) is 3.85. The number of anilines is 2. The Labute approximate surface area is 170 Å². The summed E-state index contributed by atoms with van der Waals surface area (Å²) in [5.41, 5.74) is 3.73. The molecule has 5 nitrogen and oxygen atoms in total. The van der Waals surface area contributed by atoms with Gasteiger partial charge in [0.2, 0.25) is 11.8 Å². The molecule has 2 amide bonds. The molecule has 2 aromatic carbocycles. The average Bonchev–Trinajstić information content (AvgIpc) is 3.08. The summed E-state index contributed by atoms with van der Waals surface area (Å²) in [7, 11) is 1.54. The van der Waals surface area contributed by atoms with Crippen molar-refractivity contribution in [3.63, 3.8) is 0 Å². The number of rotatable bonds is 6. The maximum absolute atomic E-state index is 12.8. The highest BCUT2D eigenvalue weighted by Crippen LogP contribution is 2.34. The lowest BCUT2D eigenvalue weighted by Crippen LogP contribution is -2.29. The van der Waals surface area contributed by atoms with Crippen molar-refractivity contribution in [1.82, 2.24) is 0 Å². The largest absolute Gasteiger partial charge is 0.495 e. The van der Waals surface area contributed by atoms with Gasteiger partial charge in [-0.15, -0.1) is 0 Å². The van der Waals surface area contributed by atoms with Crippen molar-refractivity contribution < 1.29 is 14.3 Å². The number of nitrogens with one attached hydrogen (secondary N) is 1. The van der Waals surface area contributed by atoms with Crippen LogP contribution in [0.5, 0.6) is 5.75 Å². The molecular formula is C22H25ClN2O3. The van der Waals surface area contributed by atoms with Crippen molar-refractivity contribution in [2.24, 2.45) is 5.92 Å². The summed E-state index contributed by atoms with van der Waals surface area (Å²) in [5, 5.41) is 3.37. The van der Waals surface area contributed by atoms with E-state index in [9.17, 15) is 9.59 Å². The summed E-state index contributed by atoms with van der Waals surface area (Å²) >= 11 is 6.04. The SMILES string of the molecule is CCc1cccc(CC)c1N1C[C@H](C(=O)Nc2cc(Cl)ccc2OC)CC1=O. The number of ether oxygens (including phenoxy) is 1. The fourth-order valence-electron chi connectivity index (χ4n) is 3.67. The molecule has 0 saturated carbocycles. The maximum atomic E-state index is 12.8. The molecule has 1 aliphatic heterocycles. The van der Waals surface area contributed by atoms with E-state index in [1.807, 2.05) is 18.2 Å². The van der Waals surface area contributed by atoms with Crippen LogP contribution in [0.3, 0.4) is 0 Å². The number of nitrogens with zero attached hydrogens (tertiary/aromatic N) is 1. The molecule has 0 aliphatic carbocycles. The Hall–Kier alpha value is -2.53. The van der Waals surface area contributed by atoms with Crippen molar-refractivity contribution in [2.75, 3.05) is 23.9 Å². The number of hydrogen-bond donors (Lipinski definition) is 1. The van der Waals surface area contributed by atoms with Gasteiger partial charge in [-0.25, -0.2) is 0 Å². The summed E-state index contributed by atoms with van der Waals surface area (Å²) in [6.45, 7) is 4.53. The molecule has 0 bridgehead atoms. The van der Waals surface area contributed by atoms with E-state index in [-0.39, 0.29) is 18.2 Å². The van der Waals surface area contributed by atoms with Gasteiger partial charge >= 0.3 is 0 Å². The number of carbonyl (C=O) groups is 2. The van der Waals surface area contributed by atoms with Crippen LogP contribution in [-0.4, -0.2) is 25.5 Å². The van der Waals surface area contributed by atoms with Crippen LogP contribution in [0.4, 0.5) is 11.4 Å². The van der Waals surface area contributed by atoms with Crippen molar-refractivity contribution in [2.45, 2.75) is 33.1 Å². The molecule has 6 heteroatoms. The van der Waals surface area contributed by atoms with Gasteiger partial charge in [-0.05, 0) is 42.2 Å². The first-order valence-corrected chi connectivity index (χ1v) is 9.91. The molecule has 1 aliphatic rings. The van der Waals surface area contributed by atoms with Crippen LogP contribution in [-0.2, 0) is 22.4 Å². The molecule has 1 saturated heterocycles. The number of carbonyl (C=O) groups excluding carboxylic acids is 2. The third-order valence-corrected chi connectivity index (χ3v) is 5.39. The molecule has 1 atom stereocenters. The van der Waals surface area contributed by atoms with Gasteiger partial charge in [0.1, 0.15) is 5.75 Å². The molecular weight excluding hydrogens is 376 g/mol. The number of hydrogen-bond acceptors (Lipinski definition) is 3. The van der Waals surface area contributed by atoms with Crippen molar-refractivity contribution in [3.05, 3.63) is 52.5 Å². The predicted molar refractivity (Wildman–Crippen MR) is 112 cm³/mol. The van der Waals surface area contributed by atoms with Gasteiger partial charge < -0.3 is 15.0 Å². The summed E-state index contributed by atoms with van der Waals surface area (Å²) in [5.74, 6) is -0.119. The Morgan fingerprint density at radius 1 is 1.21 bits per heavy atom. The van der Waals surface area contributed by atoms with Gasteiger partial charge in [0.05, 0.1) is 18.7 Å². The molecule has 2 aromatic rings. The quantitative estimate of drug-likeness (QED) is 0.778. The summed E-state index contributed by atoms with van der Waals surface area (Å²) in [6.07, 6.45) is 1.86. The predicted octanol–water partition coefficient (Wildman–Crippen LogP) is 4.47.